The second-order valence-electron chi connectivity index (χ2n) is 6.05. The second-order valence-corrected chi connectivity index (χ2v) is 7.20. The molecule has 1 atom stereocenters. The summed E-state index contributed by atoms with van der Waals surface area (Å²) in [4.78, 5) is 42.5. The lowest BCUT2D eigenvalue weighted by Crippen LogP contribution is -2.54. The zero-order chi connectivity index (χ0) is 15.7. The van der Waals surface area contributed by atoms with E-state index < -0.39 is 0 Å². The number of carbonyl (C=O) groups excluding carboxylic acids is 3. The topological polar surface area (TPSA) is 64.2 Å². The van der Waals surface area contributed by atoms with E-state index in [9.17, 15) is 14.4 Å². The summed E-state index contributed by atoms with van der Waals surface area (Å²) in [7, 11) is 1.57. The molecule has 3 rings (SSSR count). The Morgan fingerprint density at radius 3 is 2.50 bits per heavy atom. The maximum atomic E-state index is 12.3. The molecule has 122 valence electrons. The van der Waals surface area contributed by atoms with Crippen molar-refractivity contribution in [3.8, 4) is 0 Å². The first-order valence-corrected chi connectivity index (χ1v) is 8.87. The van der Waals surface area contributed by atoms with Gasteiger partial charge < -0.3 is 9.80 Å². The summed E-state index contributed by atoms with van der Waals surface area (Å²) in [6, 6.07) is 0.276. The fraction of sp³-hybridized carbons (Fsp3) is 0.786. The van der Waals surface area contributed by atoms with Crippen molar-refractivity contribution >= 4 is 29.6 Å². The van der Waals surface area contributed by atoms with E-state index in [1.165, 1.54) is 22.8 Å². The van der Waals surface area contributed by atoms with Gasteiger partial charge in [0, 0.05) is 45.0 Å². The summed E-state index contributed by atoms with van der Waals surface area (Å²) in [6.07, 6.45) is 1.24. The molecule has 4 amide bonds. The normalized spacial score (nSPS) is 27.1. The molecule has 8 heteroatoms. The SMILES string of the molecule is CN1CC(=O)N(CC(=O)N2CCN(C3CCSC3)CC2)C1=O. The third-order valence-electron chi connectivity index (χ3n) is 4.61. The van der Waals surface area contributed by atoms with E-state index in [0.29, 0.717) is 19.1 Å². The van der Waals surface area contributed by atoms with Gasteiger partial charge in [0.25, 0.3) is 5.91 Å². The van der Waals surface area contributed by atoms with Gasteiger partial charge in [-0.25, -0.2) is 4.79 Å². The third kappa shape index (κ3) is 3.08. The van der Waals surface area contributed by atoms with Crippen molar-refractivity contribution in [1.29, 1.82) is 0 Å². The van der Waals surface area contributed by atoms with Crippen molar-refractivity contribution in [2.24, 2.45) is 0 Å². The first-order chi connectivity index (χ1) is 10.6. The van der Waals surface area contributed by atoms with Gasteiger partial charge in [0.05, 0.1) is 0 Å². The van der Waals surface area contributed by atoms with Gasteiger partial charge in [-0.15, -0.1) is 0 Å². The molecule has 0 bridgehead atoms. The lowest BCUT2D eigenvalue weighted by atomic mass is 10.2. The molecule has 0 aromatic carbocycles. The number of carbonyl (C=O) groups is 3. The van der Waals surface area contributed by atoms with Gasteiger partial charge in [-0.3, -0.25) is 19.4 Å². The van der Waals surface area contributed by atoms with Crippen LogP contribution in [0.3, 0.4) is 0 Å². The Kier molecular flexibility index (Phi) is 4.58. The molecule has 0 N–H and O–H groups in total. The van der Waals surface area contributed by atoms with Crippen LogP contribution in [0.15, 0.2) is 0 Å². The van der Waals surface area contributed by atoms with Crippen LogP contribution in [0.2, 0.25) is 0 Å². The number of imide groups is 1. The number of urea groups is 1. The Balaban J connectivity index is 1.49. The summed E-state index contributed by atoms with van der Waals surface area (Å²) < 4.78 is 0. The molecule has 1 unspecified atom stereocenters. The Morgan fingerprint density at radius 1 is 1.23 bits per heavy atom. The third-order valence-corrected chi connectivity index (χ3v) is 5.76. The minimum absolute atomic E-state index is 0.0687. The van der Waals surface area contributed by atoms with Crippen LogP contribution in [0.5, 0.6) is 0 Å². The lowest BCUT2D eigenvalue weighted by molar-refractivity contribution is -0.138. The van der Waals surface area contributed by atoms with E-state index in [0.717, 1.165) is 18.0 Å². The number of amides is 4. The van der Waals surface area contributed by atoms with E-state index in [2.05, 4.69) is 4.90 Å². The molecule has 3 heterocycles. The van der Waals surface area contributed by atoms with Gasteiger partial charge in [-0.05, 0) is 12.2 Å². The summed E-state index contributed by atoms with van der Waals surface area (Å²) in [5.74, 6) is 2.01. The van der Waals surface area contributed by atoms with Gasteiger partial charge in [0.1, 0.15) is 13.1 Å². The maximum Gasteiger partial charge on any atom is 0.327 e. The molecule has 0 aromatic rings. The summed E-state index contributed by atoms with van der Waals surface area (Å²) in [6.45, 7) is 3.09. The molecule has 3 aliphatic rings. The van der Waals surface area contributed by atoms with Gasteiger partial charge in [-0.1, -0.05) is 0 Å². The predicted molar refractivity (Wildman–Crippen MR) is 83.6 cm³/mol. The van der Waals surface area contributed by atoms with Gasteiger partial charge in [0.15, 0.2) is 0 Å². The first kappa shape index (κ1) is 15.6. The lowest BCUT2D eigenvalue weighted by Gasteiger charge is -2.38. The molecule has 7 nitrogen and oxygen atoms in total. The zero-order valence-electron chi connectivity index (χ0n) is 12.9. The highest BCUT2D eigenvalue weighted by Crippen LogP contribution is 2.23. The van der Waals surface area contributed by atoms with Crippen LogP contribution in [-0.4, -0.2) is 101 Å². The van der Waals surface area contributed by atoms with Crippen molar-refractivity contribution in [3.63, 3.8) is 0 Å². The monoisotopic (exact) mass is 326 g/mol. The average Bonchev–Trinajstić information content (AvgIpc) is 3.12. The number of piperazine rings is 1. The number of hydrogen-bond donors (Lipinski definition) is 0. The van der Waals surface area contributed by atoms with Crippen molar-refractivity contribution in [2.75, 3.05) is 57.8 Å². The van der Waals surface area contributed by atoms with Crippen LogP contribution in [0, 0.1) is 0 Å². The molecule has 0 aromatic heterocycles. The number of thioether (sulfide) groups is 1. The number of likely N-dealkylation sites (N-methyl/N-ethyl adjacent to an activating group) is 1. The largest absolute Gasteiger partial charge is 0.339 e. The van der Waals surface area contributed by atoms with Crippen molar-refractivity contribution < 1.29 is 14.4 Å². The van der Waals surface area contributed by atoms with E-state index >= 15 is 0 Å². The first-order valence-electron chi connectivity index (χ1n) is 7.71. The molecule has 3 saturated heterocycles. The van der Waals surface area contributed by atoms with E-state index in [1.807, 2.05) is 11.8 Å². The fourth-order valence-corrected chi connectivity index (χ4v) is 4.46. The molecular weight excluding hydrogens is 304 g/mol. The van der Waals surface area contributed by atoms with Crippen LogP contribution >= 0.6 is 11.8 Å². The van der Waals surface area contributed by atoms with Crippen molar-refractivity contribution in [3.05, 3.63) is 0 Å². The van der Waals surface area contributed by atoms with E-state index in [4.69, 9.17) is 0 Å². The molecule has 3 aliphatic heterocycles. The summed E-state index contributed by atoms with van der Waals surface area (Å²) in [5, 5.41) is 0. The Morgan fingerprint density at radius 2 is 1.95 bits per heavy atom. The minimum Gasteiger partial charge on any atom is -0.339 e. The fourth-order valence-electron chi connectivity index (χ4n) is 3.21. The molecule has 0 spiro atoms. The van der Waals surface area contributed by atoms with Crippen molar-refractivity contribution in [1.82, 2.24) is 19.6 Å². The van der Waals surface area contributed by atoms with E-state index in [-0.39, 0.29) is 30.9 Å². The Labute approximate surface area is 134 Å². The standard InChI is InChI=1S/C14H22N4O3S/c1-15-8-13(20)18(14(15)21)9-12(19)17-5-3-16(4-6-17)11-2-7-22-10-11/h11H,2-10H2,1H3. The molecule has 0 radical (unpaired) electrons. The van der Waals surface area contributed by atoms with Crippen LogP contribution in [0.4, 0.5) is 4.79 Å². The van der Waals surface area contributed by atoms with Gasteiger partial charge in [0.2, 0.25) is 5.91 Å². The molecule has 0 aliphatic carbocycles. The quantitative estimate of drug-likeness (QED) is 0.656. The number of rotatable bonds is 3. The summed E-state index contributed by atoms with van der Waals surface area (Å²) in [5.41, 5.74) is 0. The average molecular weight is 326 g/mol. The van der Waals surface area contributed by atoms with Gasteiger partial charge >= 0.3 is 6.03 Å². The highest BCUT2D eigenvalue weighted by atomic mass is 32.2. The van der Waals surface area contributed by atoms with E-state index in [1.54, 1.807) is 11.9 Å². The predicted octanol–water partition coefficient (Wildman–Crippen LogP) is -0.470. The van der Waals surface area contributed by atoms with Crippen LogP contribution in [0.1, 0.15) is 6.42 Å². The highest BCUT2D eigenvalue weighted by Gasteiger charge is 2.36. The Hall–Kier alpha value is -1.28. The summed E-state index contributed by atoms with van der Waals surface area (Å²) >= 11 is 2.00. The van der Waals surface area contributed by atoms with Crippen molar-refractivity contribution in [2.45, 2.75) is 12.5 Å². The zero-order valence-corrected chi connectivity index (χ0v) is 13.7. The smallest absolute Gasteiger partial charge is 0.327 e. The highest BCUT2D eigenvalue weighted by molar-refractivity contribution is 7.99. The maximum absolute atomic E-state index is 12.3. The second kappa shape index (κ2) is 6.45. The Bertz CT molecular complexity index is 473. The number of nitrogens with zero attached hydrogens (tertiary/aromatic N) is 4. The van der Waals surface area contributed by atoms with Crippen LogP contribution in [-0.2, 0) is 9.59 Å². The molecular formula is C14H22N4O3S. The number of hydrogen-bond acceptors (Lipinski definition) is 5. The van der Waals surface area contributed by atoms with Crippen LogP contribution < -0.4 is 0 Å². The van der Waals surface area contributed by atoms with Crippen LogP contribution in [0.25, 0.3) is 0 Å². The molecule has 3 fully saturated rings. The minimum atomic E-state index is -0.375. The molecule has 22 heavy (non-hydrogen) atoms. The molecule has 0 saturated carbocycles. The van der Waals surface area contributed by atoms with Gasteiger partial charge in [-0.2, -0.15) is 11.8 Å².